The summed E-state index contributed by atoms with van der Waals surface area (Å²) < 4.78 is 0. The summed E-state index contributed by atoms with van der Waals surface area (Å²) in [4.78, 5) is 63.9. The summed E-state index contributed by atoms with van der Waals surface area (Å²) in [6, 6.07) is 59.3. The molecule has 7 aromatic heterocycles. The van der Waals surface area contributed by atoms with E-state index < -0.39 is 0 Å². The lowest BCUT2D eigenvalue weighted by molar-refractivity contribution is 0.101. The summed E-state index contributed by atoms with van der Waals surface area (Å²) in [5.74, 6) is -0.520. The third-order valence-corrected chi connectivity index (χ3v) is 14.1. The molecule has 2 aliphatic heterocycles. The van der Waals surface area contributed by atoms with E-state index in [2.05, 4.69) is 113 Å². The van der Waals surface area contributed by atoms with E-state index in [4.69, 9.17) is 9.97 Å². The van der Waals surface area contributed by atoms with Crippen molar-refractivity contribution in [2.45, 2.75) is 13.8 Å². The zero-order valence-corrected chi connectivity index (χ0v) is 43.4. The zero-order valence-electron chi connectivity index (χ0n) is 43.4. The fourth-order valence-corrected chi connectivity index (χ4v) is 10.3. The highest BCUT2D eigenvalue weighted by atomic mass is 16.2. The summed E-state index contributed by atoms with van der Waals surface area (Å²) in [6.07, 6.45) is 15.0. The van der Waals surface area contributed by atoms with E-state index in [1.165, 1.54) is 0 Å². The second-order valence-electron chi connectivity index (χ2n) is 19.6. The van der Waals surface area contributed by atoms with Gasteiger partial charge in [0.05, 0.1) is 45.6 Å². The summed E-state index contributed by atoms with van der Waals surface area (Å²) in [7, 11) is 0. The van der Waals surface area contributed by atoms with Gasteiger partial charge in [0.25, 0.3) is 11.8 Å². The summed E-state index contributed by atoms with van der Waals surface area (Å²) >= 11 is 0. The maximum Gasteiger partial charge on any atom is 0.255 e. The number of nitrogens with one attached hydrogen (secondary N) is 4. The maximum atomic E-state index is 13.7. The number of pyridine rings is 4. The molecule has 8 bridgehead atoms. The minimum Gasteiger partial charge on any atom is -0.354 e. The lowest BCUT2D eigenvalue weighted by Gasteiger charge is -2.09. The van der Waals surface area contributed by atoms with E-state index in [-0.39, 0.29) is 11.8 Å². The number of fused-ring (bicyclic) bond motifs is 8. The highest BCUT2D eigenvalue weighted by Crippen LogP contribution is 2.39. The first-order chi connectivity index (χ1) is 39.2. The molecule has 0 fully saturated rings. The number of rotatable bonds is 10. The summed E-state index contributed by atoms with van der Waals surface area (Å²) in [5, 5.41) is 6.17. The molecule has 12 heteroatoms. The predicted octanol–water partition coefficient (Wildman–Crippen LogP) is 15.4. The number of aryl methyl sites for hydroxylation is 2. The highest BCUT2D eigenvalue weighted by Gasteiger charge is 2.20. The van der Waals surface area contributed by atoms with Crippen LogP contribution < -0.4 is 10.6 Å². The fourth-order valence-electron chi connectivity index (χ4n) is 10.3. The lowest BCUT2D eigenvalue weighted by Crippen LogP contribution is -2.12. The van der Waals surface area contributed by atoms with Gasteiger partial charge in [-0.25, -0.2) is 9.97 Å². The van der Waals surface area contributed by atoms with Crippen molar-refractivity contribution >= 4 is 69.6 Å². The van der Waals surface area contributed by atoms with Gasteiger partial charge in [-0.05, 0) is 169 Å². The second kappa shape index (κ2) is 20.9. The van der Waals surface area contributed by atoms with E-state index in [1.807, 2.05) is 123 Å². The molecule has 0 atom stereocenters. The number of hydrogen-bond donors (Lipinski definition) is 4. The van der Waals surface area contributed by atoms with Gasteiger partial charge in [0.1, 0.15) is 0 Å². The molecule has 0 saturated heterocycles. The summed E-state index contributed by atoms with van der Waals surface area (Å²) in [5.41, 5.74) is 20.8. The van der Waals surface area contributed by atoms with Crippen LogP contribution in [0.3, 0.4) is 0 Å². The van der Waals surface area contributed by atoms with E-state index in [1.54, 1.807) is 49.1 Å². The van der Waals surface area contributed by atoms with Crippen LogP contribution in [0.2, 0.25) is 0 Å². The average molecular weight is 1040 g/mol. The van der Waals surface area contributed by atoms with Crippen LogP contribution in [0.25, 0.3) is 114 Å². The number of H-pyrrole nitrogens is 2. The fraction of sp³-hybridized carbons (Fsp3) is 0.0294. The number of anilines is 2. The maximum absolute atomic E-state index is 13.7. The van der Waals surface area contributed by atoms with Crippen LogP contribution in [0.5, 0.6) is 0 Å². The normalized spacial score (nSPS) is 11.6. The van der Waals surface area contributed by atoms with Crippen LogP contribution in [0, 0.1) is 13.8 Å². The van der Waals surface area contributed by atoms with Crippen molar-refractivity contribution in [1.29, 1.82) is 0 Å². The van der Waals surface area contributed by atoms with Gasteiger partial charge >= 0.3 is 0 Å². The molecule has 0 aliphatic carbocycles. The number of aromatic nitrogens is 8. The van der Waals surface area contributed by atoms with Gasteiger partial charge in [-0.15, -0.1) is 0 Å². The van der Waals surface area contributed by atoms with Crippen molar-refractivity contribution in [2.24, 2.45) is 0 Å². The Bertz CT molecular complexity index is 4180. The molecule has 2 aliphatic rings. The van der Waals surface area contributed by atoms with Gasteiger partial charge in [-0.3, -0.25) is 29.5 Å². The molecule has 382 valence electrons. The minimum absolute atomic E-state index is 0.260. The van der Waals surface area contributed by atoms with E-state index >= 15 is 0 Å². The standard InChI is InChI=1S/C68H48N10O2/c1-41-29-33-69-59(37-41)61-39-47(31-35-71-61)67(79)73-49-17-13-45(14-18-49)65-55-25-21-51(75-55)63(43-9-5-3-6-10-43)53-23-27-57(77-53)66(58-28-24-54(78-58)64(44-11-7-4-8-12-44)52-22-26-56(65)76-52)46-15-19-50(20-16-46)74-68(80)48-32-36-72-62(40-48)60-38-42(2)30-34-70-60/h3-40,75,78H,1-2H3,(H,73,79)(H,74,80). The lowest BCUT2D eigenvalue weighted by atomic mass is 10.0. The Hall–Kier alpha value is -11.0. The van der Waals surface area contributed by atoms with Crippen LogP contribution in [-0.2, 0) is 0 Å². The SMILES string of the molecule is Cc1ccnc(-c2cc(C(=O)Nc3ccc(-c4c5nc(c(-c6ccccc6)c6ccc([nH]6)c(-c6ccc(NC(=O)c7ccnc(-c8cc(C)ccn8)c7)cc6)c6nc(c(-c7ccccc7)c7ccc4[nH]7)C=C6)C=C5)cc3)ccn2)c1. The molecule has 4 N–H and O–H groups in total. The average Bonchev–Trinajstić information content (AvgIpc) is 4.37. The molecule has 0 unspecified atom stereocenters. The number of carbonyl (C=O) groups excluding carboxylic acids is 2. The predicted molar refractivity (Wildman–Crippen MR) is 321 cm³/mol. The highest BCUT2D eigenvalue weighted by molar-refractivity contribution is 6.06. The smallest absolute Gasteiger partial charge is 0.255 e. The van der Waals surface area contributed by atoms with E-state index in [0.29, 0.717) is 45.3 Å². The molecule has 0 saturated carbocycles. The first-order valence-corrected chi connectivity index (χ1v) is 26.1. The van der Waals surface area contributed by atoms with Gasteiger partial charge in [0, 0.05) is 91.6 Å². The molecule has 2 amide bonds. The Morgan fingerprint density at radius 2 is 0.662 bits per heavy atom. The third kappa shape index (κ3) is 9.76. The Morgan fingerprint density at radius 3 is 1.00 bits per heavy atom. The van der Waals surface area contributed by atoms with Crippen molar-refractivity contribution in [3.05, 3.63) is 252 Å². The minimum atomic E-state index is -0.260. The molecule has 0 spiro atoms. The molecule has 12 nitrogen and oxygen atoms in total. The van der Waals surface area contributed by atoms with Gasteiger partial charge in [0.2, 0.25) is 0 Å². The molecule has 0 radical (unpaired) electrons. The molecule has 80 heavy (non-hydrogen) atoms. The van der Waals surface area contributed by atoms with Crippen LogP contribution in [0.15, 0.2) is 207 Å². The Labute approximate surface area is 460 Å². The molecule has 4 aromatic carbocycles. The second-order valence-corrected chi connectivity index (χ2v) is 19.6. The molecular weight excluding hydrogens is 989 g/mol. The van der Waals surface area contributed by atoms with Crippen LogP contribution in [0.4, 0.5) is 11.4 Å². The van der Waals surface area contributed by atoms with Crippen molar-refractivity contribution in [2.75, 3.05) is 10.6 Å². The van der Waals surface area contributed by atoms with Crippen LogP contribution >= 0.6 is 0 Å². The van der Waals surface area contributed by atoms with Crippen molar-refractivity contribution < 1.29 is 9.59 Å². The largest absolute Gasteiger partial charge is 0.354 e. The first-order valence-electron chi connectivity index (χ1n) is 26.1. The van der Waals surface area contributed by atoms with Crippen molar-refractivity contribution in [1.82, 2.24) is 39.9 Å². The molecule has 11 aromatic rings. The van der Waals surface area contributed by atoms with Gasteiger partial charge < -0.3 is 20.6 Å². The first kappa shape index (κ1) is 48.6. The summed E-state index contributed by atoms with van der Waals surface area (Å²) in [6.45, 7) is 4.00. The van der Waals surface area contributed by atoms with Gasteiger partial charge in [0.15, 0.2) is 0 Å². The van der Waals surface area contributed by atoms with E-state index in [0.717, 1.165) is 100 Å². The topological polar surface area (TPSA) is 167 Å². The number of aromatic amines is 2. The number of carbonyl (C=O) groups is 2. The van der Waals surface area contributed by atoms with Crippen molar-refractivity contribution in [3.63, 3.8) is 0 Å². The van der Waals surface area contributed by atoms with Crippen LogP contribution in [-0.4, -0.2) is 51.7 Å². The number of nitrogens with zero attached hydrogens (tertiary/aromatic N) is 6. The molecular formula is C68H48N10O2. The van der Waals surface area contributed by atoms with E-state index in [9.17, 15) is 9.59 Å². The number of benzene rings is 4. The van der Waals surface area contributed by atoms with Gasteiger partial charge in [-0.1, -0.05) is 84.9 Å². The molecule has 13 rings (SSSR count). The number of hydrogen-bond acceptors (Lipinski definition) is 8. The molecule has 9 heterocycles. The third-order valence-electron chi connectivity index (χ3n) is 14.1. The van der Waals surface area contributed by atoms with Gasteiger partial charge in [-0.2, -0.15) is 0 Å². The Balaban J connectivity index is 0.930. The Morgan fingerprint density at radius 1 is 0.350 bits per heavy atom. The number of amides is 2. The monoisotopic (exact) mass is 1040 g/mol. The Kier molecular flexibility index (Phi) is 12.7. The zero-order chi connectivity index (χ0) is 54.1. The van der Waals surface area contributed by atoms with Crippen molar-refractivity contribution in [3.8, 4) is 67.3 Å². The quantitative estimate of drug-likeness (QED) is 0.105. The van der Waals surface area contributed by atoms with Crippen LogP contribution in [0.1, 0.15) is 54.6 Å².